The fraction of sp³-hybridized carbons (Fsp3) is 0.235. The van der Waals surface area contributed by atoms with Gasteiger partial charge in [0.05, 0.1) is 16.0 Å². The maximum absolute atomic E-state index is 12.1. The van der Waals surface area contributed by atoms with Crippen LogP contribution in [0.3, 0.4) is 0 Å². The number of hydrogen-bond donors (Lipinski definition) is 1. The Bertz CT molecular complexity index is 813. The number of halogens is 2. The molecule has 1 amide bonds. The third kappa shape index (κ3) is 4.41. The second kappa shape index (κ2) is 7.72. The number of nitrogens with one attached hydrogen (secondary N) is 1. The lowest BCUT2D eigenvalue weighted by molar-refractivity contribution is -0.152. The van der Waals surface area contributed by atoms with Crippen molar-refractivity contribution in [1.29, 1.82) is 0 Å². The molecule has 0 bridgehead atoms. The molecule has 1 aliphatic heterocycles. The minimum absolute atomic E-state index is 0.155. The SMILES string of the molecule is O=C(COC(=O)[C@@H]1COc2ccccc2C1)Nc1ncc(Cl)cc1Cl. The van der Waals surface area contributed by atoms with Crippen LogP contribution in [0, 0.1) is 5.92 Å². The van der Waals surface area contributed by atoms with Crippen molar-refractivity contribution in [2.75, 3.05) is 18.5 Å². The van der Waals surface area contributed by atoms with Crippen molar-refractivity contribution in [1.82, 2.24) is 4.98 Å². The van der Waals surface area contributed by atoms with Crippen molar-refractivity contribution in [2.24, 2.45) is 5.92 Å². The Balaban J connectivity index is 1.51. The largest absolute Gasteiger partial charge is 0.492 e. The Morgan fingerprint density at radius 2 is 2.12 bits per heavy atom. The van der Waals surface area contributed by atoms with E-state index in [1.807, 2.05) is 24.3 Å². The van der Waals surface area contributed by atoms with Crippen LogP contribution in [0.15, 0.2) is 36.5 Å². The molecule has 130 valence electrons. The predicted molar refractivity (Wildman–Crippen MR) is 93.0 cm³/mol. The zero-order valence-electron chi connectivity index (χ0n) is 13.0. The summed E-state index contributed by atoms with van der Waals surface area (Å²) in [5, 5.41) is 3.01. The van der Waals surface area contributed by atoms with Crippen LogP contribution in [0.2, 0.25) is 10.0 Å². The number of carbonyl (C=O) groups excluding carboxylic acids is 2. The van der Waals surface area contributed by atoms with Gasteiger partial charge in [0, 0.05) is 6.20 Å². The number of carbonyl (C=O) groups is 2. The number of aromatic nitrogens is 1. The van der Waals surface area contributed by atoms with Gasteiger partial charge >= 0.3 is 5.97 Å². The van der Waals surface area contributed by atoms with E-state index in [1.165, 1.54) is 12.3 Å². The summed E-state index contributed by atoms with van der Waals surface area (Å²) in [5.41, 5.74) is 0.942. The standard InChI is InChI=1S/C17H14Cl2N2O4/c18-12-6-13(19)16(20-7-12)21-15(22)9-25-17(23)11-5-10-3-1-2-4-14(10)24-8-11/h1-4,6-7,11H,5,8-9H2,(H,20,21,22)/t11-/m0/s1. The van der Waals surface area contributed by atoms with E-state index in [2.05, 4.69) is 10.3 Å². The molecule has 1 aliphatic rings. The Labute approximate surface area is 154 Å². The maximum atomic E-state index is 12.1. The molecule has 0 saturated heterocycles. The topological polar surface area (TPSA) is 77.5 Å². The van der Waals surface area contributed by atoms with Gasteiger partial charge in [0.1, 0.15) is 12.4 Å². The second-order valence-electron chi connectivity index (χ2n) is 5.46. The number of ether oxygens (including phenoxy) is 2. The van der Waals surface area contributed by atoms with E-state index in [0.29, 0.717) is 11.4 Å². The summed E-state index contributed by atoms with van der Waals surface area (Å²) >= 11 is 11.7. The van der Waals surface area contributed by atoms with E-state index in [4.69, 9.17) is 32.7 Å². The van der Waals surface area contributed by atoms with Crippen LogP contribution >= 0.6 is 23.2 Å². The Morgan fingerprint density at radius 1 is 1.32 bits per heavy atom. The molecular weight excluding hydrogens is 367 g/mol. The molecule has 0 saturated carbocycles. The maximum Gasteiger partial charge on any atom is 0.313 e. The lowest BCUT2D eigenvalue weighted by Crippen LogP contribution is -2.32. The van der Waals surface area contributed by atoms with Gasteiger partial charge < -0.3 is 14.8 Å². The van der Waals surface area contributed by atoms with Crippen molar-refractivity contribution in [2.45, 2.75) is 6.42 Å². The number of esters is 1. The van der Waals surface area contributed by atoms with Crippen molar-refractivity contribution >= 4 is 40.9 Å². The van der Waals surface area contributed by atoms with Crippen LogP contribution in [0.25, 0.3) is 0 Å². The van der Waals surface area contributed by atoms with E-state index >= 15 is 0 Å². The van der Waals surface area contributed by atoms with Crippen molar-refractivity contribution < 1.29 is 19.1 Å². The molecule has 1 aromatic heterocycles. The minimum atomic E-state index is -0.540. The van der Waals surface area contributed by atoms with Gasteiger partial charge in [0.2, 0.25) is 0 Å². The van der Waals surface area contributed by atoms with Gasteiger partial charge in [0.15, 0.2) is 12.4 Å². The highest BCUT2D eigenvalue weighted by atomic mass is 35.5. The van der Waals surface area contributed by atoms with E-state index in [-0.39, 0.29) is 17.4 Å². The zero-order valence-corrected chi connectivity index (χ0v) is 14.5. The summed E-state index contributed by atoms with van der Waals surface area (Å²) in [6.07, 6.45) is 1.87. The molecule has 0 aliphatic carbocycles. The first kappa shape index (κ1) is 17.5. The third-order valence-corrected chi connectivity index (χ3v) is 4.12. The summed E-state index contributed by atoms with van der Waals surface area (Å²) < 4.78 is 10.6. The average molecular weight is 381 g/mol. The van der Waals surface area contributed by atoms with Gasteiger partial charge in [-0.15, -0.1) is 0 Å². The molecule has 2 heterocycles. The summed E-state index contributed by atoms with van der Waals surface area (Å²) in [6.45, 7) is -0.209. The zero-order chi connectivity index (χ0) is 17.8. The number of rotatable bonds is 4. The molecule has 2 aromatic rings. The van der Waals surface area contributed by atoms with Gasteiger partial charge in [-0.3, -0.25) is 9.59 Å². The molecule has 0 spiro atoms. The second-order valence-corrected chi connectivity index (χ2v) is 6.30. The number of para-hydroxylation sites is 1. The first-order chi connectivity index (χ1) is 12.0. The number of pyridine rings is 1. The molecule has 8 heteroatoms. The molecule has 6 nitrogen and oxygen atoms in total. The van der Waals surface area contributed by atoms with Crippen molar-refractivity contribution in [3.63, 3.8) is 0 Å². The van der Waals surface area contributed by atoms with Gasteiger partial charge in [-0.2, -0.15) is 0 Å². The van der Waals surface area contributed by atoms with Gasteiger partial charge in [-0.05, 0) is 24.1 Å². The molecular formula is C17H14Cl2N2O4. The van der Waals surface area contributed by atoms with E-state index in [0.717, 1.165) is 11.3 Å². The van der Waals surface area contributed by atoms with Crippen LogP contribution < -0.4 is 10.1 Å². The van der Waals surface area contributed by atoms with E-state index in [9.17, 15) is 9.59 Å². The Morgan fingerprint density at radius 3 is 2.92 bits per heavy atom. The molecule has 0 radical (unpaired) electrons. The number of fused-ring (bicyclic) bond motifs is 1. The summed E-state index contributed by atoms with van der Waals surface area (Å²) in [7, 11) is 0. The predicted octanol–water partition coefficient (Wildman–Crippen LogP) is 3.12. The first-order valence-corrected chi connectivity index (χ1v) is 8.27. The monoisotopic (exact) mass is 380 g/mol. The van der Waals surface area contributed by atoms with Crippen LogP contribution in [-0.2, 0) is 20.7 Å². The highest BCUT2D eigenvalue weighted by molar-refractivity contribution is 6.36. The van der Waals surface area contributed by atoms with Crippen LogP contribution in [0.4, 0.5) is 5.82 Å². The van der Waals surface area contributed by atoms with Gasteiger partial charge in [0.25, 0.3) is 5.91 Å². The number of hydrogen-bond acceptors (Lipinski definition) is 5. The molecule has 1 atom stereocenters. The summed E-state index contributed by atoms with van der Waals surface area (Å²) in [5.74, 6) is -0.545. The molecule has 0 unspecified atom stereocenters. The highest BCUT2D eigenvalue weighted by Crippen LogP contribution is 2.27. The number of anilines is 1. The molecule has 1 N–H and O–H groups in total. The van der Waals surface area contributed by atoms with E-state index in [1.54, 1.807) is 0 Å². The molecule has 25 heavy (non-hydrogen) atoms. The molecule has 1 aromatic carbocycles. The molecule has 0 fully saturated rings. The van der Waals surface area contributed by atoms with Crippen LogP contribution in [-0.4, -0.2) is 30.1 Å². The first-order valence-electron chi connectivity index (χ1n) is 7.51. The number of amides is 1. The Hall–Kier alpha value is -2.31. The lowest BCUT2D eigenvalue weighted by atomic mass is 9.97. The summed E-state index contributed by atoms with van der Waals surface area (Å²) in [6, 6.07) is 8.96. The van der Waals surface area contributed by atoms with Gasteiger partial charge in [-0.25, -0.2) is 4.98 Å². The van der Waals surface area contributed by atoms with Crippen molar-refractivity contribution in [3.8, 4) is 5.75 Å². The normalized spacial score (nSPS) is 15.7. The molecule has 3 rings (SSSR count). The third-order valence-electron chi connectivity index (χ3n) is 3.62. The Kier molecular flexibility index (Phi) is 5.40. The fourth-order valence-corrected chi connectivity index (χ4v) is 2.84. The minimum Gasteiger partial charge on any atom is -0.492 e. The average Bonchev–Trinajstić information content (AvgIpc) is 2.61. The fourth-order valence-electron chi connectivity index (χ4n) is 2.41. The van der Waals surface area contributed by atoms with Crippen molar-refractivity contribution in [3.05, 3.63) is 52.1 Å². The number of benzene rings is 1. The smallest absolute Gasteiger partial charge is 0.313 e. The summed E-state index contributed by atoms with van der Waals surface area (Å²) in [4.78, 5) is 27.9. The van der Waals surface area contributed by atoms with Crippen LogP contribution in [0.5, 0.6) is 5.75 Å². The highest BCUT2D eigenvalue weighted by Gasteiger charge is 2.27. The van der Waals surface area contributed by atoms with E-state index < -0.39 is 24.4 Å². The lowest BCUT2D eigenvalue weighted by Gasteiger charge is -2.23. The quantitative estimate of drug-likeness (QED) is 0.824. The van der Waals surface area contributed by atoms with Crippen LogP contribution in [0.1, 0.15) is 5.56 Å². The van der Waals surface area contributed by atoms with Gasteiger partial charge in [-0.1, -0.05) is 41.4 Å². The number of nitrogens with zero attached hydrogens (tertiary/aromatic N) is 1.